The van der Waals surface area contributed by atoms with Gasteiger partial charge in [0.2, 0.25) is 0 Å². The number of rotatable bonds is 5. The van der Waals surface area contributed by atoms with Gasteiger partial charge in [0.25, 0.3) is 5.91 Å². The minimum Gasteiger partial charge on any atom is -0.455 e. The van der Waals surface area contributed by atoms with Crippen molar-refractivity contribution in [3.8, 4) is 0 Å². The average molecular weight is 301 g/mol. The quantitative estimate of drug-likeness (QED) is 0.864. The van der Waals surface area contributed by atoms with Gasteiger partial charge in [-0.3, -0.25) is 9.59 Å². The number of para-hydroxylation sites is 1. The molecule has 0 aliphatic rings. The standard InChI is InChI=1S/C17H16FNO3/c1-12-5-2-3-8-15(12)19-16(20)11-22-17(21)10-13-6-4-7-14(18)9-13/h2-9H,10-11H2,1H3,(H,19,20). The molecule has 2 rings (SSSR count). The Labute approximate surface area is 127 Å². The Morgan fingerprint density at radius 1 is 1.14 bits per heavy atom. The van der Waals surface area contributed by atoms with E-state index in [4.69, 9.17) is 4.74 Å². The van der Waals surface area contributed by atoms with Crippen molar-refractivity contribution >= 4 is 17.6 Å². The summed E-state index contributed by atoms with van der Waals surface area (Å²) in [6.45, 7) is 1.49. The molecule has 1 N–H and O–H groups in total. The number of esters is 1. The van der Waals surface area contributed by atoms with E-state index >= 15 is 0 Å². The number of carbonyl (C=O) groups excluding carboxylic acids is 2. The first kappa shape index (κ1) is 15.7. The SMILES string of the molecule is Cc1ccccc1NC(=O)COC(=O)Cc1cccc(F)c1. The van der Waals surface area contributed by atoms with Gasteiger partial charge in [-0.15, -0.1) is 0 Å². The van der Waals surface area contributed by atoms with Gasteiger partial charge in [0, 0.05) is 5.69 Å². The second-order valence-corrected chi connectivity index (χ2v) is 4.83. The van der Waals surface area contributed by atoms with Crippen LogP contribution in [-0.2, 0) is 20.7 Å². The summed E-state index contributed by atoms with van der Waals surface area (Å²) in [4.78, 5) is 23.4. The third kappa shape index (κ3) is 4.70. The Hall–Kier alpha value is -2.69. The number of benzene rings is 2. The lowest BCUT2D eigenvalue weighted by atomic mass is 10.1. The van der Waals surface area contributed by atoms with Crippen LogP contribution >= 0.6 is 0 Å². The summed E-state index contributed by atoms with van der Waals surface area (Å²) in [7, 11) is 0. The lowest BCUT2D eigenvalue weighted by Crippen LogP contribution is -2.22. The molecule has 2 aromatic rings. The summed E-state index contributed by atoms with van der Waals surface area (Å²) in [5, 5.41) is 2.66. The molecule has 0 fully saturated rings. The van der Waals surface area contributed by atoms with E-state index < -0.39 is 17.7 Å². The highest BCUT2D eigenvalue weighted by Crippen LogP contribution is 2.12. The molecule has 4 nitrogen and oxygen atoms in total. The zero-order valence-corrected chi connectivity index (χ0v) is 12.1. The number of anilines is 1. The van der Waals surface area contributed by atoms with Crippen LogP contribution in [0.3, 0.4) is 0 Å². The maximum absolute atomic E-state index is 13.0. The first-order chi connectivity index (χ1) is 10.5. The van der Waals surface area contributed by atoms with Crippen LogP contribution in [0.25, 0.3) is 0 Å². The highest BCUT2D eigenvalue weighted by molar-refractivity contribution is 5.93. The topological polar surface area (TPSA) is 55.4 Å². The number of ether oxygens (including phenoxy) is 1. The summed E-state index contributed by atoms with van der Waals surface area (Å²) in [5.41, 5.74) is 2.10. The Balaban J connectivity index is 1.81. The number of carbonyl (C=O) groups is 2. The van der Waals surface area contributed by atoms with Crippen LogP contribution in [0.15, 0.2) is 48.5 Å². The van der Waals surface area contributed by atoms with E-state index in [9.17, 15) is 14.0 Å². The van der Waals surface area contributed by atoms with E-state index in [1.54, 1.807) is 18.2 Å². The predicted molar refractivity (Wildman–Crippen MR) is 80.9 cm³/mol. The highest BCUT2D eigenvalue weighted by atomic mass is 19.1. The molecule has 0 atom stereocenters. The molecular formula is C17H16FNO3. The average Bonchev–Trinajstić information content (AvgIpc) is 2.48. The third-order valence-corrected chi connectivity index (χ3v) is 3.02. The first-order valence-electron chi connectivity index (χ1n) is 6.80. The Kier molecular flexibility index (Phi) is 5.25. The van der Waals surface area contributed by atoms with Crippen molar-refractivity contribution in [1.82, 2.24) is 0 Å². The molecular weight excluding hydrogens is 285 g/mol. The molecule has 0 aromatic heterocycles. The zero-order chi connectivity index (χ0) is 15.9. The number of halogens is 1. The molecule has 0 radical (unpaired) electrons. The van der Waals surface area contributed by atoms with Crippen molar-refractivity contribution in [2.24, 2.45) is 0 Å². The van der Waals surface area contributed by atoms with Gasteiger partial charge < -0.3 is 10.1 Å². The monoisotopic (exact) mass is 301 g/mol. The summed E-state index contributed by atoms with van der Waals surface area (Å²) < 4.78 is 17.9. The van der Waals surface area contributed by atoms with Crippen LogP contribution in [0.1, 0.15) is 11.1 Å². The minimum absolute atomic E-state index is 0.0740. The maximum Gasteiger partial charge on any atom is 0.310 e. The van der Waals surface area contributed by atoms with E-state index in [0.29, 0.717) is 11.3 Å². The molecule has 5 heteroatoms. The number of amides is 1. The fourth-order valence-electron chi connectivity index (χ4n) is 1.91. The zero-order valence-electron chi connectivity index (χ0n) is 12.1. The van der Waals surface area contributed by atoms with Gasteiger partial charge in [0.05, 0.1) is 6.42 Å². The first-order valence-corrected chi connectivity index (χ1v) is 6.80. The van der Waals surface area contributed by atoms with Gasteiger partial charge in [0.15, 0.2) is 6.61 Å². The Morgan fingerprint density at radius 3 is 2.64 bits per heavy atom. The summed E-state index contributed by atoms with van der Waals surface area (Å²) in [6, 6.07) is 13.0. The summed E-state index contributed by atoms with van der Waals surface area (Å²) >= 11 is 0. The molecule has 114 valence electrons. The van der Waals surface area contributed by atoms with E-state index in [-0.39, 0.29) is 13.0 Å². The van der Waals surface area contributed by atoms with Crippen molar-refractivity contribution in [3.63, 3.8) is 0 Å². The molecule has 0 saturated carbocycles. The van der Waals surface area contributed by atoms with E-state index in [0.717, 1.165) is 5.56 Å². The largest absolute Gasteiger partial charge is 0.455 e. The molecule has 1 amide bonds. The predicted octanol–water partition coefficient (Wildman–Crippen LogP) is 2.86. The van der Waals surface area contributed by atoms with Crippen LogP contribution in [0, 0.1) is 12.7 Å². The van der Waals surface area contributed by atoms with E-state index in [1.165, 1.54) is 18.2 Å². The molecule has 22 heavy (non-hydrogen) atoms. The number of hydrogen-bond donors (Lipinski definition) is 1. The molecule has 0 saturated heterocycles. The molecule has 0 unspecified atom stereocenters. The van der Waals surface area contributed by atoms with Crippen molar-refractivity contribution in [1.29, 1.82) is 0 Å². The van der Waals surface area contributed by atoms with Gasteiger partial charge in [-0.25, -0.2) is 4.39 Å². The summed E-state index contributed by atoms with van der Waals surface area (Å²) in [6.07, 6.45) is -0.0740. The smallest absolute Gasteiger partial charge is 0.310 e. The van der Waals surface area contributed by atoms with Crippen molar-refractivity contribution in [2.75, 3.05) is 11.9 Å². The maximum atomic E-state index is 13.0. The van der Waals surface area contributed by atoms with E-state index in [2.05, 4.69) is 5.32 Å². The Bertz CT molecular complexity index is 685. The normalized spacial score (nSPS) is 10.1. The van der Waals surface area contributed by atoms with Crippen LogP contribution in [0.2, 0.25) is 0 Å². The lowest BCUT2D eigenvalue weighted by Gasteiger charge is -2.08. The fraction of sp³-hybridized carbons (Fsp3) is 0.176. The van der Waals surface area contributed by atoms with E-state index in [1.807, 2.05) is 19.1 Å². The van der Waals surface area contributed by atoms with Gasteiger partial charge in [-0.1, -0.05) is 30.3 Å². The third-order valence-electron chi connectivity index (χ3n) is 3.02. The van der Waals surface area contributed by atoms with Gasteiger partial charge in [-0.2, -0.15) is 0 Å². The second-order valence-electron chi connectivity index (χ2n) is 4.83. The van der Waals surface area contributed by atoms with Gasteiger partial charge >= 0.3 is 5.97 Å². The van der Waals surface area contributed by atoms with Crippen molar-refractivity contribution in [3.05, 3.63) is 65.5 Å². The van der Waals surface area contributed by atoms with Crippen molar-refractivity contribution < 1.29 is 18.7 Å². The minimum atomic E-state index is -0.578. The number of nitrogens with one attached hydrogen (secondary N) is 1. The molecule has 0 aliphatic carbocycles. The lowest BCUT2D eigenvalue weighted by molar-refractivity contribution is -0.146. The number of aryl methyl sites for hydroxylation is 1. The molecule has 2 aromatic carbocycles. The van der Waals surface area contributed by atoms with Crippen molar-refractivity contribution in [2.45, 2.75) is 13.3 Å². The van der Waals surface area contributed by atoms with Crippen LogP contribution in [-0.4, -0.2) is 18.5 Å². The van der Waals surface area contributed by atoms with Crippen LogP contribution in [0.5, 0.6) is 0 Å². The second kappa shape index (κ2) is 7.36. The molecule has 0 heterocycles. The highest BCUT2D eigenvalue weighted by Gasteiger charge is 2.10. The Morgan fingerprint density at radius 2 is 1.91 bits per heavy atom. The fourth-order valence-corrected chi connectivity index (χ4v) is 1.91. The van der Waals surface area contributed by atoms with Crippen LogP contribution in [0.4, 0.5) is 10.1 Å². The van der Waals surface area contributed by atoms with Crippen LogP contribution < -0.4 is 5.32 Å². The molecule has 0 aliphatic heterocycles. The molecule has 0 bridgehead atoms. The van der Waals surface area contributed by atoms with Gasteiger partial charge in [0.1, 0.15) is 5.82 Å². The molecule has 0 spiro atoms. The van der Waals surface area contributed by atoms with Gasteiger partial charge in [-0.05, 0) is 36.2 Å². The summed E-state index contributed by atoms with van der Waals surface area (Å²) in [5.74, 6) is -1.41. The number of hydrogen-bond acceptors (Lipinski definition) is 3.